The summed E-state index contributed by atoms with van der Waals surface area (Å²) in [4.78, 5) is 10.2. The lowest BCUT2D eigenvalue weighted by molar-refractivity contribution is -0.385. The van der Waals surface area contributed by atoms with Crippen LogP contribution in [-0.2, 0) is 5.60 Å². The highest BCUT2D eigenvalue weighted by atomic mass is 19.1. The average molecular weight is 261 g/mol. The highest BCUT2D eigenvalue weighted by Crippen LogP contribution is 2.31. The zero-order chi connectivity index (χ0) is 13.9. The summed E-state index contributed by atoms with van der Waals surface area (Å²) in [7, 11) is 0. The molecule has 0 aliphatic heterocycles. The van der Waals surface area contributed by atoms with Gasteiger partial charge in [-0.3, -0.25) is 10.1 Å². The van der Waals surface area contributed by atoms with Gasteiger partial charge in [-0.2, -0.15) is 0 Å². The number of nitro groups is 1. The molecule has 0 bridgehead atoms. The van der Waals surface area contributed by atoms with Crippen LogP contribution in [0.2, 0.25) is 0 Å². The first-order valence-corrected chi connectivity index (χ1v) is 5.67. The summed E-state index contributed by atoms with van der Waals surface area (Å²) in [5, 5.41) is 21.2. The molecular formula is C14H12FNO3. The number of nitrogens with zero attached hydrogens (tertiary/aromatic N) is 1. The Labute approximate surface area is 109 Å². The standard InChI is InChI=1S/C14H12FNO3/c15-10-14(17,11-5-2-1-3-6-11)12-7-4-8-13(9-12)16(18)19/h1-9,17H,10H2. The summed E-state index contributed by atoms with van der Waals surface area (Å²) in [5.41, 5.74) is -1.53. The largest absolute Gasteiger partial charge is 0.378 e. The van der Waals surface area contributed by atoms with Crippen molar-refractivity contribution in [3.63, 3.8) is 0 Å². The second-order valence-electron chi connectivity index (χ2n) is 4.17. The van der Waals surface area contributed by atoms with E-state index in [-0.39, 0.29) is 11.3 Å². The number of nitro benzene ring substituents is 1. The number of non-ortho nitro benzene ring substituents is 1. The molecule has 0 amide bonds. The van der Waals surface area contributed by atoms with Crippen LogP contribution in [0.1, 0.15) is 11.1 Å². The van der Waals surface area contributed by atoms with Crippen molar-refractivity contribution < 1.29 is 14.4 Å². The van der Waals surface area contributed by atoms with Crippen molar-refractivity contribution in [2.45, 2.75) is 5.60 Å². The molecule has 2 aromatic carbocycles. The third-order valence-corrected chi connectivity index (χ3v) is 2.98. The van der Waals surface area contributed by atoms with E-state index >= 15 is 0 Å². The van der Waals surface area contributed by atoms with E-state index in [9.17, 15) is 19.6 Å². The fraction of sp³-hybridized carbons (Fsp3) is 0.143. The number of hydrogen-bond acceptors (Lipinski definition) is 3. The van der Waals surface area contributed by atoms with Gasteiger partial charge in [-0.1, -0.05) is 42.5 Å². The molecule has 19 heavy (non-hydrogen) atoms. The number of aliphatic hydroxyl groups is 1. The summed E-state index contributed by atoms with van der Waals surface area (Å²) >= 11 is 0. The van der Waals surface area contributed by atoms with Crippen molar-refractivity contribution >= 4 is 5.69 Å². The van der Waals surface area contributed by atoms with Crippen LogP contribution < -0.4 is 0 Å². The Morgan fingerprint density at radius 1 is 1.11 bits per heavy atom. The molecule has 5 heteroatoms. The van der Waals surface area contributed by atoms with E-state index in [0.29, 0.717) is 5.56 Å². The first-order chi connectivity index (χ1) is 9.08. The van der Waals surface area contributed by atoms with E-state index in [4.69, 9.17) is 0 Å². The van der Waals surface area contributed by atoms with Gasteiger partial charge >= 0.3 is 0 Å². The number of rotatable bonds is 4. The summed E-state index contributed by atoms with van der Waals surface area (Å²) < 4.78 is 13.3. The minimum absolute atomic E-state index is 0.162. The van der Waals surface area contributed by atoms with Gasteiger partial charge in [-0.25, -0.2) is 4.39 Å². The van der Waals surface area contributed by atoms with Gasteiger partial charge in [0.05, 0.1) is 4.92 Å². The number of hydrogen-bond donors (Lipinski definition) is 1. The summed E-state index contributed by atoms with van der Waals surface area (Å²) in [6, 6.07) is 13.6. The van der Waals surface area contributed by atoms with Crippen LogP contribution >= 0.6 is 0 Å². The fourth-order valence-corrected chi connectivity index (χ4v) is 1.91. The maximum Gasteiger partial charge on any atom is 0.269 e. The quantitative estimate of drug-likeness (QED) is 0.680. The lowest BCUT2D eigenvalue weighted by Crippen LogP contribution is -2.29. The van der Waals surface area contributed by atoms with E-state index in [1.807, 2.05) is 0 Å². The molecule has 0 saturated heterocycles. The van der Waals surface area contributed by atoms with E-state index in [1.54, 1.807) is 30.3 Å². The molecule has 0 radical (unpaired) electrons. The molecule has 2 aromatic rings. The van der Waals surface area contributed by atoms with Gasteiger partial charge in [0.1, 0.15) is 12.3 Å². The first-order valence-electron chi connectivity index (χ1n) is 5.67. The molecule has 0 heterocycles. The van der Waals surface area contributed by atoms with E-state index in [0.717, 1.165) is 0 Å². The molecule has 0 spiro atoms. The predicted octanol–water partition coefficient (Wildman–Crippen LogP) is 2.80. The topological polar surface area (TPSA) is 63.4 Å². The van der Waals surface area contributed by atoms with Crippen molar-refractivity contribution in [1.82, 2.24) is 0 Å². The van der Waals surface area contributed by atoms with Crippen LogP contribution in [0.5, 0.6) is 0 Å². The molecule has 1 N–H and O–H groups in total. The van der Waals surface area contributed by atoms with Gasteiger partial charge in [0, 0.05) is 12.1 Å². The molecule has 1 atom stereocenters. The van der Waals surface area contributed by atoms with Crippen molar-refractivity contribution in [2.24, 2.45) is 0 Å². The molecule has 0 saturated carbocycles. The van der Waals surface area contributed by atoms with Crippen molar-refractivity contribution in [3.8, 4) is 0 Å². The zero-order valence-electron chi connectivity index (χ0n) is 9.99. The Morgan fingerprint density at radius 2 is 1.74 bits per heavy atom. The highest BCUT2D eigenvalue weighted by molar-refractivity contribution is 5.42. The maximum absolute atomic E-state index is 13.3. The van der Waals surface area contributed by atoms with Crippen LogP contribution in [0.3, 0.4) is 0 Å². The Balaban J connectivity index is 2.53. The SMILES string of the molecule is O=[N+]([O-])c1cccc(C(O)(CF)c2ccccc2)c1. The minimum Gasteiger partial charge on any atom is -0.378 e. The zero-order valence-corrected chi connectivity index (χ0v) is 9.99. The molecule has 0 aliphatic carbocycles. The minimum atomic E-state index is -1.87. The maximum atomic E-state index is 13.3. The molecular weight excluding hydrogens is 249 g/mol. The second-order valence-corrected chi connectivity index (χ2v) is 4.17. The van der Waals surface area contributed by atoms with Crippen LogP contribution in [0.4, 0.5) is 10.1 Å². The van der Waals surface area contributed by atoms with Crippen molar-refractivity contribution in [3.05, 3.63) is 75.8 Å². The van der Waals surface area contributed by atoms with E-state index < -0.39 is 17.2 Å². The van der Waals surface area contributed by atoms with Crippen LogP contribution in [0, 0.1) is 10.1 Å². The number of alkyl halides is 1. The molecule has 98 valence electrons. The third-order valence-electron chi connectivity index (χ3n) is 2.98. The molecule has 0 aliphatic rings. The van der Waals surface area contributed by atoms with Crippen LogP contribution in [-0.4, -0.2) is 16.7 Å². The lowest BCUT2D eigenvalue weighted by Gasteiger charge is -2.25. The second kappa shape index (κ2) is 5.16. The smallest absolute Gasteiger partial charge is 0.269 e. The first kappa shape index (κ1) is 13.2. The average Bonchev–Trinajstić information content (AvgIpc) is 2.47. The Kier molecular flexibility index (Phi) is 3.57. The third kappa shape index (κ3) is 2.46. The van der Waals surface area contributed by atoms with Gasteiger partial charge in [-0.05, 0) is 11.1 Å². The Morgan fingerprint density at radius 3 is 2.32 bits per heavy atom. The number of halogens is 1. The summed E-state index contributed by atoms with van der Waals surface area (Å²) in [6.07, 6.45) is 0. The highest BCUT2D eigenvalue weighted by Gasteiger charge is 2.32. The summed E-state index contributed by atoms with van der Waals surface area (Å²) in [5.74, 6) is 0. The van der Waals surface area contributed by atoms with Gasteiger partial charge in [-0.15, -0.1) is 0 Å². The Bertz CT molecular complexity index is 588. The molecule has 2 rings (SSSR count). The summed E-state index contributed by atoms with van der Waals surface area (Å²) in [6.45, 7) is -1.06. The van der Waals surface area contributed by atoms with Gasteiger partial charge in [0.2, 0.25) is 0 Å². The van der Waals surface area contributed by atoms with Crippen LogP contribution in [0.25, 0.3) is 0 Å². The Hall–Kier alpha value is -2.27. The van der Waals surface area contributed by atoms with E-state index in [2.05, 4.69) is 0 Å². The monoisotopic (exact) mass is 261 g/mol. The normalized spacial score (nSPS) is 13.8. The van der Waals surface area contributed by atoms with Crippen molar-refractivity contribution in [2.75, 3.05) is 6.67 Å². The fourth-order valence-electron chi connectivity index (χ4n) is 1.91. The van der Waals surface area contributed by atoms with Gasteiger partial charge in [0.25, 0.3) is 5.69 Å². The van der Waals surface area contributed by atoms with Crippen molar-refractivity contribution in [1.29, 1.82) is 0 Å². The number of benzene rings is 2. The molecule has 0 fully saturated rings. The van der Waals surface area contributed by atoms with E-state index in [1.165, 1.54) is 24.3 Å². The van der Waals surface area contributed by atoms with Crippen LogP contribution in [0.15, 0.2) is 54.6 Å². The molecule has 4 nitrogen and oxygen atoms in total. The molecule has 1 unspecified atom stereocenters. The predicted molar refractivity (Wildman–Crippen MR) is 68.5 cm³/mol. The van der Waals surface area contributed by atoms with Gasteiger partial charge in [0.15, 0.2) is 0 Å². The lowest BCUT2D eigenvalue weighted by atomic mass is 9.87. The molecule has 0 aromatic heterocycles. The van der Waals surface area contributed by atoms with Gasteiger partial charge < -0.3 is 5.11 Å².